The third kappa shape index (κ3) is 4.10. The number of nitrogens with zero attached hydrogens (tertiary/aromatic N) is 2. The molecule has 0 spiro atoms. The maximum absolute atomic E-state index is 12.2. The lowest BCUT2D eigenvalue weighted by Gasteiger charge is -2.24. The Morgan fingerprint density at radius 3 is 2.89 bits per heavy atom. The maximum atomic E-state index is 12.2. The summed E-state index contributed by atoms with van der Waals surface area (Å²) in [6, 6.07) is 3.85. The molecule has 1 fully saturated rings. The van der Waals surface area contributed by atoms with Gasteiger partial charge >= 0.3 is 0 Å². The van der Waals surface area contributed by atoms with Crippen LogP contribution in [0.5, 0.6) is 5.75 Å². The van der Waals surface area contributed by atoms with Crippen LogP contribution in [-0.4, -0.2) is 35.0 Å². The van der Waals surface area contributed by atoms with E-state index in [1.165, 1.54) is 0 Å². The van der Waals surface area contributed by atoms with Crippen molar-refractivity contribution in [2.24, 2.45) is 5.92 Å². The largest absolute Gasteiger partial charge is 0.481 e. The van der Waals surface area contributed by atoms with Crippen LogP contribution in [0.4, 0.5) is 0 Å². The molecule has 1 amide bonds. The Bertz CT molecular complexity index is 447. The third-order valence-electron chi connectivity index (χ3n) is 2.95. The highest BCUT2D eigenvalue weighted by atomic mass is 35.5. The van der Waals surface area contributed by atoms with Gasteiger partial charge in [0.2, 0.25) is 0 Å². The van der Waals surface area contributed by atoms with Gasteiger partial charge in [-0.2, -0.15) is 0 Å². The minimum Gasteiger partial charge on any atom is -0.481 e. The van der Waals surface area contributed by atoms with E-state index in [0.29, 0.717) is 17.7 Å². The number of hydrogen-bond acceptors (Lipinski definition) is 3. The summed E-state index contributed by atoms with van der Waals surface area (Å²) >= 11 is 5.89. The highest BCUT2D eigenvalue weighted by molar-refractivity contribution is 6.30. The van der Waals surface area contributed by atoms with E-state index >= 15 is 0 Å². The summed E-state index contributed by atoms with van der Waals surface area (Å²) in [5, 5.41) is 0.289. The van der Waals surface area contributed by atoms with Gasteiger partial charge in [-0.1, -0.05) is 25.4 Å². The summed E-state index contributed by atoms with van der Waals surface area (Å²) in [7, 11) is 0. The van der Waals surface area contributed by atoms with Gasteiger partial charge in [0, 0.05) is 18.8 Å². The zero-order chi connectivity index (χ0) is 13.8. The molecule has 1 aromatic heterocycles. The summed E-state index contributed by atoms with van der Waals surface area (Å²) in [6.45, 7) is 5.03. The molecule has 0 aliphatic heterocycles. The SMILES string of the molecule is CC(C)CN(C(=O)COc1cccnc1Cl)C1CC1. The Kier molecular flexibility index (Phi) is 4.64. The van der Waals surface area contributed by atoms with Crippen molar-refractivity contribution < 1.29 is 9.53 Å². The molecule has 1 aromatic rings. The normalized spacial score (nSPS) is 14.5. The van der Waals surface area contributed by atoms with Crippen LogP contribution in [-0.2, 0) is 4.79 Å². The molecule has 1 saturated carbocycles. The molecular weight excluding hydrogens is 264 g/mol. The number of ether oxygens (including phenoxy) is 1. The number of aromatic nitrogens is 1. The summed E-state index contributed by atoms with van der Waals surface area (Å²) in [4.78, 5) is 18.0. The molecule has 4 nitrogen and oxygen atoms in total. The van der Waals surface area contributed by atoms with Crippen LogP contribution >= 0.6 is 11.6 Å². The fraction of sp³-hybridized carbons (Fsp3) is 0.571. The van der Waals surface area contributed by atoms with Gasteiger partial charge in [0.1, 0.15) is 0 Å². The highest BCUT2D eigenvalue weighted by Gasteiger charge is 2.32. The van der Waals surface area contributed by atoms with E-state index in [1.54, 1.807) is 18.3 Å². The summed E-state index contributed by atoms with van der Waals surface area (Å²) in [6.07, 6.45) is 3.80. The summed E-state index contributed by atoms with van der Waals surface area (Å²) < 4.78 is 5.45. The average Bonchev–Trinajstić information content (AvgIpc) is 3.18. The summed E-state index contributed by atoms with van der Waals surface area (Å²) in [5.41, 5.74) is 0. The molecule has 2 rings (SSSR count). The molecule has 0 atom stereocenters. The highest BCUT2D eigenvalue weighted by Crippen LogP contribution is 2.28. The Morgan fingerprint density at radius 1 is 1.58 bits per heavy atom. The standard InChI is InChI=1S/C14H19ClN2O2/c1-10(2)8-17(11-5-6-11)13(18)9-19-12-4-3-7-16-14(12)15/h3-4,7,10-11H,5-6,8-9H2,1-2H3. The van der Waals surface area contributed by atoms with Gasteiger partial charge in [-0.05, 0) is 30.9 Å². The molecule has 1 aliphatic rings. The van der Waals surface area contributed by atoms with Crippen LogP contribution in [0.25, 0.3) is 0 Å². The smallest absolute Gasteiger partial charge is 0.260 e. The van der Waals surface area contributed by atoms with Crippen molar-refractivity contribution in [2.75, 3.05) is 13.2 Å². The average molecular weight is 283 g/mol. The monoisotopic (exact) mass is 282 g/mol. The van der Waals surface area contributed by atoms with E-state index in [0.717, 1.165) is 19.4 Å². The quantitative estimate of drug-likeness (QED) is 0.754. The number of halogens is 1. The maximum Gasteiger partial charge on any atom is 0.260 e. The second kappa shape index (κ2) is 6.24. The fourth-order valence-electron chi connectivity index (χ4n) is 1.94. The van der Waals surface area contributed by atoms with E-state index < -0.39 is 0 Å². The van der Waals surface area contributed by atoms with Gasteiger partial charge in [0.25, 0.3) is 5.91 Å². The van der Waals surface area contributed by atoms with Crippen LogP contribution in [0.3, 0.4) is 0 Å². The molecular formula is C14H19ClN2O2. The Hall–Kier alpha value is -1.29. The van der Waals surface area contributed by atoms with Gasteiger partial charge < -0.3 is 9.64 Å². The zero-order valence-electron chi connectivity index (χ0n) is 11.3. The van der Waals surface area contributed by atoms with Gasteiger partial charge in [-0.25, -0.2) is 4.98 Å². The second-order valence-corrected chi connectivity index (χ2v) is 5.61. The van der Waals surface area contributed by atoms with Crippen molar-refractivity contribution in [3.8, 4) is 5.75 Å². The number of hydrogen-bond donors (Lipinski definition) is 0. The van der Waals surface area contributed by atoms with Gasteiger partial charge in [0.05, 0.1) is 0 Å². The molecule has 0 N–H and O–H groups in total. The Balaban J connectivity index is 1.90. The van der Waals surface area contributed by atoms with Crippen LogP contribution in [0.2, 0.25) is 5.15 Å². The van der Waals surface area contributed by atoms with Crippen LogP contribution in [0, 0.1) is 5.92 Å². The van der Waals surface area contributed by atoms with Crippen molar-refractivity contribution in [1.29, 1.82) is 0 Å². The van der Waals surface area contributed by atoms with Crippen molar-refractivity contribution in [3.05, 3.63) is 23.5 Å². The van der Waals surface area contributed by atoms with Gasteiger partial charge in [-0.3, -0.25) is 4.79 Å². The van der Waals surface area contributed by atoms with Crippen LogP contribution in [0.1, 0.15) is 26.7 Å². The molecule has 0 bridgehead atoms. The van der Waals surface area contributed by atoms with Crippen molar-refractivity contribution >= 4 is 17.5 Å². The Morgan fingerprint density at radius 2 is 2.32 bits per heavy atom. The minimum absolute atomic E-state index is 0.0225. The number of rotatable bonds is 6. The summed E-state index contributed by atoms with van der Waals surface area (Å²) in [5.74, 6) is 0.945. The lowest BCUT2D eigenvalue weighted by molar-refractivity contribution is -0.134. The second-order valence-electron chi connectivity index (χ2n) is 5.25. The lowest BCUT2D eigenvalue weighted by atomic mass is 10.2. The topological polar surface area (TPSA) is 42.4 Å². The van der Waals surface area contributed by atoms with E-state index in [2.05, 4.69) is 18.8 Å². The predicted octanol–water partition coefficient (Wildman–Crippen LogP) is 2.76. The number of amides is 1. The fourth-order valence-corrected chi connectivity index (χ4v) is 2.11. The third-order valence-corrected chi connectivity index (χ3v) is 3.23. The Labute approximate surface area is 118 Å². The van der Waals surface area contributed by atoms with Crippen LogP contribution < -0.4 is 4.74 Å². The number of carbonyl (C=O) groups excluding carboxylic acids is 1. The van der Waals surface area contributed by atoms with Gasteiger partial charge in [-0.15, -0.1) is 0 Å². The molecule has 0 saturated heterocycles. The first-order valence-electron chi connectivity index (χ1n) is 6.60. The lowest BCUT2D eigenvalue weighted by Crippen LogP contribution is -2.39. The number of carbonyl (C=O) groups is 1. The molecule has 0 aromatic carbocycles. The van der Waals surface area contributed by atoms with E-state index in [1.807, 2.05) is 4.90 Å². The van der Waals surface area contributed by atoms with E-state index in [9.17, 15) is 4.79 Å². The number of pyridine rings is 1. The molecule has 0 unspecified atom stereocenters. The zero-order valence-corrected chi connectivity index (χ0v) is 12.1. The van der Waals surface area contributed by atoms with Gasteiger partial charge in [0.15, 0.2) is 17.5 Å². The van der Waals surface area contributed by atoms with Crippen molar-refractivity contribution in [3.63, 3.8) is 0 Å². The first-order chi connectivity index (χ1) is 9.08. The van der Waals surface area contributed by atoms with E-state index in [4.69, 9.17) is 16.3 Å². The molecule has 1 aliphatic carbocycles. The first-order valence-corrected chi connectivity index (χ1v) is 6.98. The molecule has 19 heavy (non-hydrogen) atoms. The molecule has 5 heteroatoms. The van der Waals surface area contributed by atoms with E-state index in [-0.39, 0.29) is 17.7 Å². The predicted molar refractivity (Wildman–Crippen MR) is 74.3 cm³/mol. The first kappa shape index (κ1) is 14.1. The minimum atomic E-state index is 0.0225. The molecule has 1 heterocycles. The van der Waals surface area contributed by atoms with Crippen molar-refractivity contribution in [1.82, 2.24) is 9.88 Å². The van der Waals surface area contributed by atoms with Crippen LogP contribution in [0.15, 0.2) is 18.3 Å². The molecule has 104 valence electrons. The molecule has 0 radical (unpaired) electrons. The van der Waals surface area contributed by atoms with Crippen molar-refractivity contribution in [2.45, 2.75) is 32.7 Å².